The van der Waals surface area contributed by atoms with Crippen LogP contribution < -0.4 is 4.72 Å². The molecule has 2 aromatic rings. The number of nitrogens with one attached hydrogen (secondary N) is 2. The highest BCUT2D eigenvalue weighted by atomic mass is 35.5. The summed E-state index contributed by atoms with van der Waals surface area (Å²) < 4.78 is 26.9. The fourth-order valence-corrected chi connectivity index (χ4v) is 3.25. The van der Waals surface area contributed by atoms with Gasteiger partial charge in [0.05, 0.1) is 11.0 Å². The second-order valence-corrected chi connectivity index (χ2v) is 6.31. The number of sulfonamides is 1. The van der Waals surface area contributed by atoms with Crippen LogP contribution in [0.4, 0.5) is 5.69 Å². The summed E-state index contributed by atoms with van der Waals surface area (Å²) in [5, 5.41) is 11.1. The van der Waals surface area contributed by atoms with Crippen LogP contribution in [0.2, 0.25) is 5.02 Å². The molecular formula is C11H11ClN4O4S. The van der Waals surface area contributed by atoms with Crippen molar-refractivity contribution in [3.8, 4) is 0 Å². The summed E-state index contributed by atoms with van der Waals surface area (Å²) in [6.07, 6.45) is 3.02. The Morgan fingerprint density at radius 3 is 2.76 bits per heavy atom. The summed E-state index contributed by atoms with van der Waals surface area (Å²) >= 11 is 5.66. The van der Waals surface area contributed by atoms with Crippen LogP contribution in [0, 0.1) is 10.1 Å². The van der Waals surface area contributed by atoms with Crippen LogP contribution >= 0.6 is 11.6 Å². The highest BCUT2D eigenvalue weighted by molar-refractivity contribution is 7.89. The lowest BCUT2D eigenvalue weighted by molar-refractivity contribution is -0.387. The fraction of sp³-hybridized carbons (Fsp3) is 0.182. The van der Waals surface area contributed by atoms with Crippen LogP contribution in [-0.2, 0) is 10.0 Å². The van der Waals surface area contributed by atoms with Crippen molar-refractivity contribution < 1.29 is 13.3 Å². The molecule has 8 nitrogen and oxygen atoms in total. The number of halogens is 1. The first-order valence-corrected chi connectivity index (χ1v) is 7.63. The molecule has 0 bridgehead atoms. The number of nitrogens with zero attached hydrogens (tertiary/aromatic N) is 2. The van der Waals surface area contributed by atoms with Crippen molar-refractivity contribution in [2.24, 2.45) is 0 Å². The quantitative estimate of drug-likeness (QED) is 0.642. The Hall–Kier alpha value is -1.97. The van der Waals surface area contributed by atoms with E-state index in [4.69, 9.17) is 11.6 Å². The lowest BCUT2D eigenvalue weighted by atomic mass is 10.3. The Labute approximate surface area is 125 Å². The third-order valence-corrected chi connectivity index (χ3v) is 4.49. The van der Waals surface area contributed by atoms with E-state index < -0.39 is 31.6 Å². The maximum absolute atomic E-state index is 12.3. The van der Waals surface area contributed by atoms with Crippen molar-refractivity contribution in [3.63, 3.8) is 0 Å². The minimum Gasteiger partial charge on any atom is -0.347 e. The molecule has 1 aromatic carbocycles. The SMILES string of the molecule is CC(NS(=O)(=O)c1ccc(Cl)cc1[N+](=O)[O-])c1ncc[nH]1. The van der Waals surface area contributed by atoms with Gasteiger partial charge >= 0.3 is 0 Å². The molecule has 0 aliphatic rings. The van der Waals surface area contributed by atoms with E-state index in [1.165, 1.54) is 12.3 Å². The molecule has 0 saturated carbocycles. The third-order valence-electron chi connectivity index (χ3n) is 2.67. The van der Waals surface area contributed by atoms with Gasteiger partial charge in [-0.1, -0.05) is 11.6 Å². The molecule has 0 aliphatic heterocycles. The molecule has 2 rings (SSSR count). The van der Waals surface area contributed by atoms with Gasteiger partial charge in [0, 0.05) is 23.5 Å². The van der Waals surface area contributed by atoms with E-state index in [1.807, 2.05) is 0 Å². The van der Waals surface area contributed by atoms with Crippen molar-refractivity contribution in [2.45, 2.75) is 17.9 Å². The average Bonchev–Trinajstić information content (AvgIpc) is 2.91. The van der Waals surface area contributed by atoms with Gasteiger partial charge in [0.2, 0.25) is 10.0 Å². The van der Waals surface area contributed by atoms with Crippen molar-refractivity contribution >= 4 is 27.3 Å². The monoisotopic (exact) mass is 330 g/mol. The molecule has 21 heavy (non-hydrogen) atoms. The highest BCUT2D eigenvalue weighted by Gasteiger charge is 2.28. The van der Waals surface area contributed by atoms with Gasteiger partial charge in [-0.2, -0.15) is 0 Å². The van der Waals surface area contributed by atoms with Gasteiger partial charge in [-0.25, -0.2) is 18.1 Å². The zero-order valence-electron chi connectivity index (χ0n) is 10.8. The largest absolute Gasteiger partial charge is 0.347 e. The predicted octanol–water partition coefficient (Wildman–Crippen LogP) is 2.01. The lowest BCUT2D eigenvalue weighted by Gasteiger charge is -2.12. The highest BCUT2D eigenvalue weighted by Crippen LogP contribution is 2.27. The van der Waals surface area contributed by atoms with Crippen LogP contribution in [0.5, 0.6) is 0 Å². The van der Waals surface area contributed by atoms with Crippen LogP contribution in [0.1, 0.15) is 18.8 Å². The Balaban J connectivity index is 2.38. The molecule has 10 heteroatoms. The van der Waals surface area contributed by atoms with E-state index in [9.17, 15) is 18.5 Å². The molecule has 2 N–H and O–H groups in total. The first-order chi connectivity index (χ1) is 9.81. The maximum Gasteiger partial charge on any atom is 0.290 e. The van der Waals surface area contributed by atoms with Gasteiger partial charge < -0.3 is 4.98 Å². The third kappa shape index (κ3) is 3.38. The summed E-state index contributed by atoms with van der Waals surface area (Å²) in [5.74, 6) is 0.398. The van der Waals surface area contributed by atoms with Gasteiger partial charge in [-0.15, -0.1) is 0 Å². The number of hydrogen-bond donors (Lipinski definition) is 2. The number of rotatable bonds is 5. The lowest BCUT2D eigenvalue weighted by Crippen LogP contribution is -2.28. The molecule has 1 aromatic heterocycles. The summed E-state index contributed by atoms with van der Waals surface area (Å²) in [6.45, 7) is 1.57. The average molecular weight is 331 g/mol. The number of H-pyrrole nitrogens is 1. The molecule has 0 radical (unpaired) electrons. The zero-order chi connectivity index (χ0) is 15.6. The molecule has 0 spiro atoms. The second-order valence-electron chi connectivity index (χ2n) is 4.19. The topological polar surface area (TPSA) is 118 Å². The molecule has 112 valence electrons. The number of nitro groups is 1. The first kappa shape index (κ1) is 15.4. The Kier molecular flexibility index (Phi) is 4.26. The second kappa shape index (κ2) is 5.80. The van der Waals surface area contributed by atoms with E-state index in [0.29, 0.717) is 5.82 Å². The molecule has 1 unspecified atom stereocenters. The van der Waals surface area contributed by atoms with Crippen molar-refractivity contribution in [1.29, 1.82) is 0 Å². The molecule has 1 heterocycles. The van der Waals surface area contributed by atoms with E-state index in [0.717, 1.165) is 12.1 Å². The van der Waals surface area contributed by atoms with Gasteiger partial charge in [0.25, 0.3) is 5.69 Å². The van der Waals surface area contributed by atoms with Gasteiger partial charge in [-0.3, -0.25) is 10.1 Å². The molecule has 0 amide bonds. The number of hydrogen-bond acceptors (Lipinski definition) is 5. The van der Waals surface area contributed by atoms with E-state index in [-0.39, 0.29) is 5.02 Å². The predicted molar refractivity (Wildman–Crippen MR) is 75.4 cm³/mol. The molecule has 1 atom stereocenters. The Bertz CT molecular complexity index is 761. The molecule has 0 fully saturated rings. The van der Waals surface area contributed by atoms with Crippen molar-refractivity contribution in [1.82, 2.24) is 14.7 Å². The first-order valence-electron chi connectivity index (χ1n) is 5.77. The number of imidazole rings is 1. The smallest absolute Gasteiger partial charge is 0.290 e. The Morgan fingerprint density at radius 2 is 2.19 bits per heavy atom. The van der Waals surface area contributed by atoms with Crippen LogP contribution in [0.3, 0.4) is 0 Å². The number of nitro benzene ring substituents is 1. The van der Waals surface area contributed by atoms with E-state index >= 15 is 0 Å². The summed E-state index contributed by atoms with van der Waals surface area (Å²) in [4.78, 5) is 16.4. The van der Waals surface area contributed by atoms with E-state index in [2.05, 4.69) is 14.7 Å². The minimum atomic E-state index is -4.09. The van der Waals surface area contributed by atoms with Gasteiger partial charge in [0.1, 0.15) is 5.82 Å². The standard InChI is InChI=1S/C11H11ClN4O4S/c1-7(11-13-4-5-14-11)15-21(19,20)10-3-2-8(12)6-9(10)16(17)18/h2-7,15H,1H3,(H,13,14). The summed E-state index contributed by atoms with van der Waals surface area (Å²) in [7, 11) is -4.09. The number of benzene rings is 1. The molecular weight excluding hydrogens is 320 g/mol. The zero-order valence-corrected chi connectivity index (χ0v) is 12.4. The van der Waals surface area contributed by atoms with Crippen LogP contribution in [-0.4, -0.2) is 23.3 Å². The maximum atomic E-state index is 12.3. The number of aromatic nitrogens is 2. The van der Waals surface area contributed by atoms with Gasteiger partial charge in [-0.05, 0) is 19.1 Å². The van der Waals surface area contributed by atoms with Gasteiger partial charge in [0.15, 0.2) is 4.90 Å². The molecule has 0 aliphatic carbocycles. The fourth-order valence-electron chi connectivity index (χ4n) is 1.73. The molecule has 0 saturated heterocycles. The number of aromatic amines is 1. The summed E-state index contributed by atoms with van der Waals surface area (Å²) in [5.41, 5.74) is -0.582. The minimum absolute atomic E-state index is 0.0831. The van der Waals surface area contributed by atoms with E-state index in [1.54, 1.807) is 13.1 Å². The Morgan fingerprint density at radius 1 is 1.48 bits per heavy atom. The summed E-state index contributed by atoms with van der Waals surface area (Å²) in [6, 6.07) is 2.70. The van der Waals surface area contributed by atoms with Crippen molar-refractivity contribution in [2.75, 3.05) is 0 Å². The van der Waals surface area contributed by atoms with Crippen molar-refractivity contribution in [3.05, 3.63) is 51.6 Å². The normalized spacial score (nSPS) is 13.0. The van der Waals surface area contributed by atoms with Crippen LogP contribution in [0.15, 0.2) is 35.5 Å². The van der Waals surface area contributed by atoms with Crippen LogP contribution in [0.25, 0.3) is 0 Å².